The number of hydrogen-bond donors (Lipinski definition) is 0. The SMILES string of the molecule is BC(=O)c1ccc(OCC=C)cc1. The zero-order valence-electron chi connectivity index (χ0n) is 7.62. The van der Waals surface area contributed by atoms with Gasteiger partial charge in [0.15, 0.2) is 7.85 Å². The second-order valence-electron chi connectivity index (χ2n) is 2.68. The maximum Gasteiger partial charge on any atom is 0.193 e. The molecule has 1 aromatic carbocycles. The van der Waals surface area contributed by atoms with E-state index in [1.54, 1.807) is 38.2 Å². The number of hydrogen-bond acceptors (Lipinski definition) is 2. The van der Waals surface area contributed by atoms with Crippen LogP contribution in [0.15, 0.2) is 36.9 Å². The Morgan fingerprint density at radius 3 is 2.54 bits per heavy atom. The highest BCUT2D eigenvalue weighted by atomic mass is 16.5. The molecule has 0 N–H and O–H groups in total. The summed E-state index contributed by atoms with van der Waals surface area (Å²) in [7, 11) is 1.54. The summed E-state index contributed by atoms with van der Waals surface area (Å²) in [6.07, 6.45) is 1.68. The van der Waals surface area contributed by atoms with E-state index in [9.17, 15) is 4.79 Å². The van der Waals surface area contributed by atoms with Crippen molar-refractivity contribution in [2.75, 3.05) is 6.61 Å². The highest BCUT2D eigenvalue weighted by molar-refractivity contribution is 6.62. The minimum Gasteiger partial charge on any atom is -0.490 e. The van der Waals surface area contributed by atoms with Gasteiger partial charge in [0.1, 0.15) is 18.0 Å². The predicted molar refractivity (Wildman–Crippen MR) is 55.0 cm³/mol. The molecule has 0 unspecified atom stereocenters. The second kappa shape index (κ2) is 4.50. The zero-order chi connectivity index (χ0) is 9.68. The van der Waals surface area contributed by atoms with Gasteiger partial charge in [-0.15, -0.1) is 0 Å². The molecular formula is C10H11BO2. The summed E-state index contributed by atoms with van der Waals surface area (Å²) in [5.74, 6) is 0.755. The van der Waals surface area contributed by atoms with Crippen LogP contribution in [0.5, 0.6) is 5.75 Å². The molecule has 1 aromatic rings. The van der Waals surface area contributed by atoms with Crippen molar-refractivity contribution in [3.63, 3.8) is 0 Å². The van der Waals surface area contributed by atoms with E-state index in [0.29, 0.717) is 12.2 Å². The third-order valence-electron chi connectivity index (χ3n) is 1.63. The summed E-state index contributed by atoms with van der Waals surface area (Å²) in [4.78, 5) is 10.9. The summed E-state index contributed by atoms with van der Waals surface area (Å²) in [5, 5.41) is 0. The lowest BCUT2D eigenvalue weighted by atomic mass is 9.95. The van der Waals surface area contributed by atoms with Crippen molar-refractivity contribution in [3.8, 4) is 5.75 Å². The Hall–Kier alpha value is -1.51. The fourth-order valence-electron chi connectivity index (χ4n) is 0.941. The lowest BCUT2D eigenvalue weighted by Crippen LogP contribution is -1.97. The summed E-state index contributed by atoms with van der Waals surface area (Å²) >= 11 is 0. The largest absolute Gasteiger partial charge is 0.490 e. The molecule has 13 heavy (non-hydrogen) atoms. The minimum absolute atomic E-state index is 0.0651. The Labute approximate surface area is 78.6 Å². The second-order valence-corrected chi connectivity index (χ2v) is 2.68. The van der Waals surface area contributed by atoms with Gasteiger partial charge in [0.25, 0.3) is 0 Å². The molecule has 0 saturated carbocycles. The molecule has 0 aliphatic heterocycles. The predicted octanol–water partition coefficient (Wildman–Crippen LogP) is 1.02. The standard InChI is InChI=1S/C10H11BO2/c1-2-7-13-9-5-3-8(4-6-9)10(11)12/h2-6H,1,7,11H2. The van der Waals surface area contributed by atoms with Gasteiger partial charge >= 0.3 is 0 Å². The van der Waals surface area contributed by atoms with Gasteiger partial charge in [0, 0.05) is 5.56 Å². The van der Waals surface area contributed by atoms with E-state index >= 15 is 0 Å². The highest BCUT2D eigenvalue weighted by Gasteiger charge is 1.98. The van der Waals surface area contributed by atoms with Crippen LogP contribution >= 0.6 is 0 Å². The van der Waals surface area contributed by atoms with E-state index in [-0.39, 0.29) is 5.68 Å². The van der Waals surface area contributed by atoms with Crippen LogP contribution in [0.3, 0.4) is 0 Å². The lowest BCUT2D eigenvalue weighted by molar-refractivity contribution is 0.108. The topological polar surface area (TPSA) is 26.3 Å². The maximum absolute atomic E-state index is 10.9. The van der Waals surface area contributed by atoms with E-state index in [1.165, 1.54) is 0 Å². The number of carbonyl (C=O) groups excluding carboxylic acids is 1. The molecule has 0 aromatic heterocycles. The van der Waals surface area contributed by atoms with Crippen molar-refractivity contribution in [2.24, 2.45) is 0 Å². The van der Waals surface area contributed by atoms with Crippen LogP contribution in [0.25, 0.3) is 0 Å². The average Bonchev–Trinajstić information content (AvgIpc) is 2.15. The van der Waals surface area contributed by atoms with Crippen LogP contribution in [0.1, 0.15) is 10.4 Å². The van der Waals surface area contributed by atoms with Crippen molar-refractivity contribution in [3.05, 3.63) is 42.5 Å². The summed E-state index contributed by atoms with van der Waals surface area (Å²) in [6.45, 7) is 4.03. The van der Waals surface area contributed by atoms with E-state index in [2.05, 4.69) is 6.58 Å². The Balaban J connectivity index is 2.69. The van der Waals surface area contributed by atoms with Gasteiger partial charge in [-0.3, -0.25) is 0 Å². The molecule has 0 radical (unpaired) electrons. The number of rotatable bonds is 4. The molecule has 0 heterocycles. The molecule has 0 fully saturated rings. The van der Waals surface area contributed by atoms with Crippen LogP contribution in [0.4, 0.5) is 0 Å². The molecular weight excluding hydrogens is 163 g/mol. The van der Waals surface area contributed by atoms with Crippen LogP contribution in [0, 0.1) is 0 Å². The van der Waals surface area contributed by atoms with Crippen molar-refractivity contribution < 1.29 is 9.53 Å². The van der Waals surface area contributed by atoms with E-state index < -0.39 is 0 Å². The third-order valence-corrected chi connectivity index (χ3v) is 1.63. The van der Waals surface area contributed by atoms with Crippen molar-refractivity contribution in [1.29, 1.82) is 0 Å². The first-order valence-electron chi connectivity index (χ1n) is 4.08. The maximum atomic E-state index is 10.9. The van der Waals surface area contributed by atoms with Gasteiger partial charge < -0.3 is 9.53 Å². The zero-order valence-corrected chi connectivity index (χ0v) is 7.62. The molecule has 0 spiro atoms. The quantitative estimate of drug-likeness (QED) is 0.503. The fraction of sp³-hybridized carbons (Fsp3) is 0.100. The van der Waals surface area contributed by atoms with E-state index in [1.807, 2.05) is 0 Å². The fourth-order valence-corrected chi connectivity index (χ4v) is 0.941. The number of carbonyl (C=O) groups is 1. The third kappa shape index (κ3) is 2.78. The Morgan fingerprint density at radius 1 is 1.46 bits per heavy atom. The van der Waals surface area contributed by atoms with Crippen molar-refractivity contribution in [2.45, 2.75) is 0 Å². The number of ether oxygens (including phenoxy) is 1. The lowest BCUT2D eigenvalue weighted by Gasteiger charge is -2.02. The summed E-state index contributed by atoms with van der Waals surface area (Å²) in [6, 6.07) is 7.06. The summed E-state index contributed by atoms with van der Waals surface area (Å²) in [5.41, 5.74) is 0.765. The van der Waals surface area contributed by atoms with Crippen LogP contribution in [-0.2, 0) is 0 Å². The molecule has 2 nitrogen and oxygen atoms in total. The van der Waals surface area contributed by atoms with Gasteiger partial charge in [-0.25, -0.2) is 0 Å². The molecule has 0 atom stereocenters. The van der Waals surface area contributed by atoms with Gasteiger partial charge in [-0.2, -0.15) is 0 Å². The summed E-state index contributed by atoms with van der Waals surface area (Å²) < 4.78 is 5.26. The molecule has 0 aliphatic carbocycles. The first-order valence-corrected chi connectivity index (χ1v) is 4.08. The molecule has 0 bridgehead atoms. The van der Waals surface area contributed by atoms with Crippen LogP contribution in [0.2, 0.25) is 0 Å². The first kappa shape index (κ1) is 9.58. The monoisotopic (exact) mass is 174 g/mol. The van der Waals surface area contributed by atoms with Gasteiger partial charge in [-0.1, -0.05) is 12.7 Å². The van der Waals surface area contributed by atoms with E-state index in [0.717, 1.165) is 5.75 Å². The molecule has 66 valence electrons. The van der Waals surface area contributed by atoms with E-state index in [4.69, 9.17) is 4.74 Å². The Kier molecular flexibility index (Phi) is 3.32. The molecule has 0 saturated heterocycles. The smallest absolute Gasteiger partial charge is 0.193 e. The molecule has 3 heteroatoms. The molecule has 1 rings (SSSR count). The Bertz CT molecular complexity index is 303. The van der Waals surface area contributed by atoms with Crippen molar-refractivity contribution in [1.82, 2.24) is 0 Å². The Morgan fingerprint density at radius 2 is 2.08 bits per heavy atom. The van der Waals surface area contributed by atoms with Gasteiger partial charge in [0.2, 0.25) is 0 Å². The minimum atomic E-state index is 0.0651. The van der Waals surface area contributed by atoms with Gasteiger partial charge in [0.05, 0.1) is 0 Å². The normalized spacial score (nSPS) is 9.23. The van der Waals surface area contributed by atoms with Crippen LogP contribution < -0.4 is 4.74 Å². The number of benzene rings is 1. The van der Waals surface area contributed by atoms with Crippen LogP contribution in [-0.4, -0.2) is 20.1 Å². The molecule has 0 aliphatic rings. The van der Waals surface area contributed by atoms with Gasteiger partial charge in [-0.05, 0) is 24.3 Å². The molecule has 0 amide bonds. The highest BCUT2D eigenvalue weighted by Crippen LogP contribution is 2.11. The first-order chi connectivity index (χ1) is 6.24. The average molecular weight is 174 g/mol. The van der Waals surface area contributed by atoms with Crippen molar-refractivity contribution >= 4 is 13.5 Å².